The largest absolute Gasteiger partial charge is 0.147 e. The van der Waals surface area contributed by atoms with E-state index in [0.29, 0.717) is 18.1 Å². The Balaban J connectivity index is 0.00000283. The van der Waals surface area contributed by atoms with Crippen LogP contribution in [0.2, 0.25) is 9.26 Å². The SMILES string of the molecule is CCc1ccc(-c2cccc3c2C=C(CC2(C)CCCCCC2)[CH]3[Zr]([CH3])([CH3])(=[SiH2])[CH]2C(CC3(C)CCCCCC3)=Cc3c(-c4ccc(CC)cc4)cccc32)cc1.Cl.Cl. The van der Waals surface area contributed by atoms with Crippen LogP contribution in [0.1, 0.15) is 158 Å². The van der Waals surface area contributed by atoms with E-state index in [2.05, 4.69) is 141 Å². The van der Waals surface area contributed by atoms with E-state index < -0.39 is 17.4 Å². The van der Waals surface area contributed by atoms with E-state index in [-0.39, 0.29) is 24.8 Å². The second-order valence-electron chi connectivity index (χ2n) is 20.8. The number of rotatable bonds is 10. The van der Waals surface area contributed by atoms with Gasteiger partial charge in [-0.15, -0.1) is 24.8 Å². The first-order valence-electron chi connectivity index (χ1n) is 22.8. The second-order valence-corrected chi connectivity index (χ2v) is 51.2. The average molecular weight is 911 g/mol. The molecule has 0 nitrogen and oxygen atoms in total. The second kappa shape index (κ2) is 18.2. The van der Waals surface area contributed by atoms with Gasteiger partial charge in [0.05, 0.1) is 0 Å². The summed E-state index contributed by atoms with van der Waals surface area (Å²) in [7, 11) is 0. The summed E-state index contributed by atoms with van der Waals surface area (Å²) in [4.78, 5) is 0. The first-order valence-corrected chi connectivity index (χ1v) is 36.5. The number of hydrogen-bond acceptors (Lipinski definition) is 0. The molecular weight excluding hydrogens is 839 g/mol. The summed E-state index contributed by atoms with van der Waals surface area (Å²) in [6.45, 7) is 12.4. The van der Waals surface area contributed by atoms with Crippen LogP contribution in [0.5, 0.6) is 0 Å². The van der Waals surface area contributed by atoms with Crippen LogP contribution in [0, 0.1) is 10.8 Å². The third-order valence-corrected chi connectivity index (χ3v) is 32.9. The Hall–Kier alpha value is -1.96. The molecule has 0 aromatic heterocycles. The van der Waals surface area contributed by atoms with Crippen molar-refractivity contribution < 1.29 is 17.4 Å². The molecule has 0 saturated heterocycles. The zero-order valence-electron chi connectivity index (χ0n) is 36.7. The smallest absolute Gasteiger partial charge is 0.147 e. The van der Waals surface area contributed by atoms with Gasteiger partial charge in [-0.05, 0) is 0 Å². The Morgan fingerprint density at radius 2 is 0.862 bits per heavy atom. The summed E-state index contributed by atoms with van der Waals surface area (Å²) in [5.41, 5.74) is 19.2. The summed E-state index contributed by atoms with van der Waals surface area (Å²) >= 11 is -3.93. The number of benzene rings is 4. The van der Waals surface area contributed by atoms with Crippen LogP contribution in [0.25, 0.3) is 34.4 Å². The van der Waals surface area contributed by atoms with Crippen molar-refractivity contribution in [2.75, 3.05) is 0 Å². The quantitative estimate of drug-likeness (QED) is 0.110. The molecule has 0 radical (unpaired) electrons. The third-order valence-electron chi connectivity index (χ3n) is 15.4. The van der Waals surface area contributed by atoms with Gasteiger partial charge in [-0.1, -0.05) is 0 Å². The van der Waals surface area contributed by atoms with Crippen LogP contribution < -0.4 is 0 Å². The first-order chi connectivity index (χ1) is 26.9. The predicted molar refractivity (Wildman–Crippen MR) is 260 cm³/mol. The van der Waals surface area contributed by atoms with E-state index in [4.69, 9.17) is 0 Å². The van der Waals surface area contributed by atoms with Gasteiger partial charge in [0, 0.05) is 0 Å². The number of aryl methyl sites for hydroxylation is 2. The average Bonchev–Trinajstić information content (AvgIpc) is 3.58. The van der Waals surface area contributed by atoms with Crippen LogP contribution in [0.4, 0.5) is 0 Å². The zero-order chi connectivity index (χ0) is 39.2. The minimum absolute atomic E-state index is 0. The summed E-state index contributed by atoms with van der Waals surface area (Å²) < 4.78 is 6.90. The predicted octanol–water partition coefficient (Wildman–Crippen LogP) is 16.4. The van der Waals surface area contributed by atoms with Gasteiger partial charge in [-0.2, -0.15) is 0 Å². The van der Waals surface area contributed by atoms with Crippen molar-refractivity contribution in [1.29, 1.82) is 0 Å². The minimum atomic E-state index is -3.93. The van der Waals surface area contributed by atoms with Gasteiger partial charge in [-0.3, -0.25) is 0 Å². The van der Waals surface area contributed by atoms with E-state index in [1.165, 1.54) is 134 Å². The molecule has 0 N–H and O–H groups in total. The molecule has 2 unspecified atom stereocenters. The van der Waals surface area contributed by atoms with E-state index in [9.17, 15) is 0 Å². The summed E-state index contributed by atoms with van der Waals surface area (Å²) in [5, 5.41) is 0. The fourth-order valence-electron chi connectivity index (χ4n) is 12.5. The molecule has 4 aliphatic carbocycles. The molecule has 0 amide bonds. The van der Waals surface area contributed by atoms with Crippen molar-refractivity contribution in [2.45, 2.75) is 147 Å². The maximum atomic E-state index is 2.91. The van der Waals surface area contributed by atoms with Gasteiger partial charge in [0.15, 0.2) is 0 Å². The van der Waals surface area contributed by atoms with Crippen LogP contribution in [-0.4, -0.2) is 6.88 Å². The molecule has 4 aromatic carbocycles. The van der Waals surface area contributed by atoms with Crippen molar-refractivity contribution in [3.63, 3.8) is 0 Å². The fraction of sp³-hybridized carbons (Fsp3) is 0.481. The summed E-state index contributed by atoms with van der Waals surface area (Å²) in [5.74, 6) is 0. The summed E-state index contributed by atoms with van der Waals surface area (Å²) in [6.07, 6.45) is 26.9. The molecule has 2 saturated carbocycles. The van der Waals surface area contributed by atoms with Crippen LogP contribution in [-0.2, 0) is 30.2 Å². The fourth-order valence-corrected chi connectivity index (χ4v) is 32.2. The zero-order valence-corrected chi connectivity index (χ0v) is 42.2. The molecule has 0 heterocycles. The number of fused-ring (bicyclic) bond motifs is 2. The van der Waals surface area contributed by atoms with Crippen LogP contribution in [0.15, 0.2) is 96.1 Å². The number of halogens is 2. The Bertz CT molecular complexity index is 2030. The van der Waals surface area contributed by atoms with Gasteiger partial charge in [0.1, 0.15) is 0 Å². The molecule has 4 aromatic rings. The first kappa shape index (κ1) is 45.6. The molecular formula is C54H72Cl2SiZr. The van der Waals surface area contributed by atoms with Gasteiger partial charge in [0.25, 0.3) is 0 Å². The normalized spacial score (nSPS) is 21.3. The van der Waals surface area contributed by atoms with Crippen molar-refractivity contribution in [1.82, 2.24) is 0 Å². The molecule has 0 spiro atoms. The van der Waals surface area contributed by atoms with Gasteiger partial charge < -0.3 is 0 Å². The van der Waals surface area contributed by atoms with Crippen LogP contribution in [0.3, 0.4) is 0 Å². The molecule has 8 rings (SSSR count). The van der Waals surface area contributed by atoms with Gasteiger partial charge in [0.2, 0.25) is 0 Å². The Kier molecular flexibility index (Phi) is 14.3. The molecule has 2 fully saturated rings. The monoisotopic (exact) mass is 908 g/mol. The Morgan fingerprint density at radius 3 is 1.19 bits per heavy atom. The Morgan fingerprint density at radius 1 is 0.517 bits per heavy atom. The topological polar surface area (TPSA) is 0 Å². The van der Waals surface area contributed by atoms with Crippen molar-refractivity contribution in [3.05, 3.63) is 129 Å². The number of allylic oxidation sites excluding steroid dienone is 2. The van der Waals surface area contributed by atoms with E-state index in [1.807, 2.05) is 0 Å². The molecule has 310 valence electrons. The number of hydrogen-bond donors (Lipinski definition) is 0. The van der Waals surface area contributed by atoms with E-state index >= 15 is 0 Å². The van der Waals surface area contributed by atoms with E-state index in [0.717, 1.165) is 12.8 Å². The van der Waals surface area contributed by atoms with Gasteiger partial charge in [-0.25, -0.2) is 0 Å². The third kappa shape index (κ3) is 8.99. The maximum absolute atomic E-state index is 3.93. The minimum Gasteiger partial charge on any atom is -0.147 e. The molecule has 0 bridgehead atoms. The van der Waals surface area contributed by atoms with Crippen LogP contribution >= 0.6 is 24.8 Å². The van der Waals surface area contributed by atoms with Crippen molar-refractivity contribution in [2.24, 2.45) is 10.8 Å². The Labute approximate surface area is 367 Å². The van der Waals surface area contributed by atoms with Crippen molar-refractivity contribution >= 4 is 43.8 Å². The molecule has 4 heteroatoms. The summed E-state index contributed by atoms with van der Waals surface area (Å²) in [6, 6.07) is 33.9. The van der Waals surface area contributed by atoms with Gasteiger partial charge >= 0.3 is 346 Å². The van der Waals surface area contributed by atoms with Crippen molar-refractivity contribution in [3.8, 4) is 22.3 Å². The van der Waals surface area contributed by atoms with E-state index in [1.54, 1.807) is 22.3 Å². The molecule has 4 aliphatic rings. The standard InChI is InChI=1S/2C26H31.2CH3.2ClH.H2Si.Zr/c2*1-3-20-11-13-22(14-12-20)24-10-8-9-23-17-21(18-25(23)24)19-26(2)15-6-4-5-7-16-26;;;;;;/h2*8-14,17-18H,3-7,15-16,19H2,1-2H3;2*1H3;2*1H;1H2;. The molecule has 58 heavy (non-hydrogen) atoms. The molecule has 0 aliphatic heterocycles. The maximum Gasteiger partial charge on any atom is -0.147 e. The molecule has 2 atom stereocenters.